The van der Waals surface area contributed by atoms with Gasteiger partial charge >= 0.3 is 0 Å². The Kier molecular flexibility index (Phi) is 4.55. The van der Waals surface area contributed by atoms with Crippen molar-refractivity contribution < 1.29 is 5.11 Å². The van der Waals surface area contributed by atoms with Gasteiger partial charge in [-0.1, -0.05) is 13.8 Å². The summed E-state index contributed by atoms with van der Waals surface area (Å²) in [5.41, 5.74) is 2.43. The molecule has 2 heterocycles. The van der Waals surface area contributed by atoms with Gasteiger partial charge in [0.25, 0.3) is 0 Å². The van der Waals surface area contributed by atoms with Gasteiger partial charge in [-0.2, -0.15) is 0 Å². The minimum Gasteiger partial charge on any atom is -0.395 e. The fourth-order valence-electron chi connectivity index (χ4n) is 2.32. The topological polar surface area (TPSA) is 39.6 Å². The molecule has 0 saturated carbocycles. The molecule has 0 radical (unpaired) electrons. The smallest absolute Gasteiger partial charge is 0.0558 e. The first kappa shape index (κ1) is 13.3. The number of hydrogen-bond donors (Lipinski definition) is 1. The maximum absolute atomic E-state index is 8.94. The number of piperazine rings is 1. The van der Waals surface area contributed by atoms with Gasteiger partial charge in [0.15, 0.2) is 0 Å². The molecular weight excluding hydrogens is 226 g/mol. The van der Waals surface area contributed by atoms with Gasteiger partial charge in [-0.15, -0.1) is 0 Å². The average Bonchev–Trinajstić information content (AvgIpc) is 2.40. The van der Waals surface area contributed by atoms with Crippen molar-refractivity contribution in [3.8, 4) is 0 Å². The first-order valence-electron chi connectivity index (χ1n) is 6.75. The van der Waals surface area contributed by atoms with E-state index in [9.17, 15) is 0 Å². The molecule has 0 amide bonds. The summed E-state index contributed by atoms with van der Waals surface area (Å²) in [6, 6.07) is 4.29. The Balaban J connectivity index is 1.98. The number of aromatic nitrogens is 1. The highest BCUT2D eigenvalue weighted by Gasteiger charge is 2.17. The number of hydrogen-bond acceptors (Lipinski definition) is 4. The van der Waals surface area contributed by atoms with Gasteiger partial charge in [-0.3, -0.25) is 9.88 Å². The van der Waals surface area contributed by atoms with Crippen molar-refractivity contribution >= 4 is 5.69 Å². The second-order valence-electron chi connectivity index (χ2n) is 5.15. The van der Waals surface area contributed by atoms with Crippen molar-refractivity contribution in [3.63, 3.8) is 0 Å². The Morgan fingerprint density at radius 2 is 2.00 bits per heavy atom. The standard InChI is InChI=1S/C14H23N3O/c1-12(2)14-11-13(3-4-15-14)17-7-5-16(6-8-17)9-10-18/h3-4,11-12,18H,5-10H2,1-2H3. The minimum atomic E-state index is 0.257. The number of anilines is 1. The molecule has 0 atom stereocenters. The molecule has 4 heteroatoms. The van der Waals surface area contributed by atoms with Gasteiger partial charge in [-0.25, -0.2) is 0 Å². The predicted molar refractivity (Wildman–Crippen MR) is 74.1 cm³/mol. The second kappa shape index (κ2) is 6.16. The van der Waals surface area contributed by atoms with Gasteiger partial charge in [-0.05, 0) is 18.1 Å². The van der Waals surface area contributed by atoms with E-state index in [4.69, 9.17) is 5.11 Å². The van der Waals surface area contributed by atoms with Crippen LogP contribution >= 0.6 is 0 Å². The average molecular weight is 249 g/mol. The van der Waals surface area contributed by atoms with Gasteiger partial charge < -0.3 is 10.0 Å². The lowest BCUT2D eigenvalue weighted by molar-refractivity contribution is 0.189. The third-order valence-corrected chi connectivity index (χ3v) is 3.51. The zero-order valence-corrected chi connectivity index (χ0v) is 11.3. The Labute approximate surface area is 109 Å². The first-order chi connectivity index (χ1) is 8.70. The van der Waals surface area contributed by atoms with Crippen LogP contribution in [0.2, 0.25) is 0 Å². The summed E-state index contributed by atoms with van der Waals surface area (Å²) in [4.78, 5) is 9.12. The summed E-state index contributed by atoms with van der Waals surface area (Å²) in [7, 11) is 0. The quantitative estimate of drug-likeness (QED) is 0.873. The molecule has 1 aromatic heterocycles. The van der Waals surface area contributed by atoms with Crippen molar-refractivity contribution in [1.82, 2.24) is 9.88 Å². The molecule has 18 heavy (non-hydrogen) atoms. The molecule has 2 rings (SSSR count). The fourth-order valence-corrected chi connectivity index (χ4v) is 2.32. The number of aliphatic hydroxyl groups is 1. The molecule has 0 unspecified atom stereocenters. The summed E-state index contributed by atoms with van der Waals surface area (Å²) >= 11 is 0. The summed E-state index contributed by atoms with van der Waals surface area (Å²) in [6.45, 7) is 9.51. The minimum absolute atomic E-state index is 0.257. The van der Waals surface area contributed by atoms with Crippen LogP contribution in [0.5, 0.6) is 0 Å². The van der Waals surface area contributed by atoms with E-state index in [2.05, 4.69) is 40.8 Å². The van der Waals surface area contributed by atoms with Crippen molar-refractivity contribution in [2.75, 3.05) is 44.2 Å². The molecule has 4 nitrogen and oxygen atoms in total. The third kappa shape index (κ3) is 3.21. The van der Waals surface area contributed by atoms with E-state index < -0.39 is 0 Å². The molecule has 1 aliphatic rings. The number of β-amino-alcohol motifs (C(OH)–C–C–N with tert-alkyl or cyclic N) is 1. The Morgan fingerprint density at radius 3 is 2.61 bits per heavy atom. The Bertz CT molecular complexity index is 373. The van der Waals surface area contributed by atoms with Crippen LogP contribution in [0.4, 0.5) is 5.69 Å². The molecule has 0 bridgehead atoms. The van der Waals surface area contributed by atoms with Crippen LogP contribution in [-0.2, 0) is 0 Å². The van der Waals surface area contributed by atoms with Crippen molar-refractivity contribution in [1.29, 1.82) is 0 Å². The number of rotatable bonds is 4. The highest BCUT2D eigenvalue weighted by Crippen LogP contribution is 2.20. The van der Waals surface area contributed by atoms with Crippen molar-refractivity contribution in [2.45, 2.75) is 19.8 Å². The van der Waals surface area contributed by atoms with Crippen molar-refractivity contribution in [3.05, 3.63) is 24.0 Å². The lowest BCUT2D eigenvalue weighted by Gasteiger charge is -2.35. The molecule has 1 fully saturated rings. The Morgan fingerprint density at radius 1 is 1.28 bits per heavy atom. The molecular formula is C14H23N3O. The van der Waals surface area contributed by atoms with E-state index in [1.54, 1.807) is 0 Å². The number of pyridine rings is 1. The SMILES string of the molecule is CC(C)c1cc(N2CCN(CCO)CC2)ccn1. The van der Waals surface area contributed by atoms with E-state index in [1.807, 2.05) is 6.20 Å². The third-order valence-electron chi connectivity index (χ3n) is 3.51. The van der Waals surface area contributed by atoms with Gasteiger partial charge in [0, 0.05) is 50.3 Å². The van der Waals surface area contributed by atoms with Crippen LogP contribution in [0.1, 0.15) is 25.5 Å². The van der Waals surface area contributed by atoms with Crippen LogP contribution in [0, 0.1) is 0 Å². The maximum atomic E-state index is 8.94. The summed E-state index contributed by atoms with van der Waals surface area (Å²) < 4.78 is 0. The summed E-state index contributed by atoms with van der Waals surface area (Å²) in [5.74, 6) is 0.473. The lowest BCUT2D eigenvalue weighted by atomic mass is 10.1. The zero-order chi connectivity index (χ0) is 13.0. The fraction of sp³-hybridized carbons (Fsp3) is 0.643. The van der Waals surface area contributed by atoms with Gasteiger partial charge in [0.1, 0.15) is 0 Å². The van der Waals surface area contributed by atoms with Crippen molar-refractivity contribution in [2.24, 2.45) is 0 Å². The van der Waals surface area contributed by atoms with Crippen LogP contribution in [-0.4, -0.2) is 54.3 Å². The maximum Gasteiger partial charge on any atom is 0.0558 e. The summed E-state index contributed by atoms with van der Waals surface area (Å²) in [6.07, 6.45) is 1.91. The molecule has 1 aliphatic heterocycles. The van der Waals surface area contributed by atoms with Crippen LogP contribution < -0.4 is 4.90 Å². The van der Waals surface area contributed by atoms with Crippen LogP contribution in [0.15, 0.2) is 18.3 Å². The zero-order valence-electron chi connectivity index (χ0n) is 11.3. The van der Waals surface area contributed by atoms with E-state index in [-0.39, 0.29) is 6.61 Å². The molecule has 1 N–H and O–H groups in total. The molecule has 0 spiro atoms. The largest absolute Gasteiger partial charge is 0.395 e. The van der Waals surface area contributed by atoms with E-state index in [0.29, 0.717) is 5.92 Å². The monoisotopic (exact) mass is 249 g/mol. The molecule has 0 aliphatic carbocycles. The number of nitrogens with zero attached hydrogens (tertiary/aromatic N) is 3. The number of aliphatic hydroxyl groups excluding tert-OH is 1. The normalized spacial score (nSPS) is 17.4. The molecule has 1 saturated heterocycles. The second-order valence-corrected chi connectivity index (χ2v) is 5.15. The van der Waals surface area contributed by atoms with Gasteiger partial charge in [0.05, 0.1) is 6.61 Å². The van der Waals surface area contributed by atoms with E-state index in [1.165, 1.54) is 5.69 Å². The molecule has 0 aromatic carbocycles. The summed E-state index contributed by atoms with van der Waals surface area (Å²) in [5, 5.41) is 8.94. The molecule has 1 aromatic rings. The van der Waals surface area contributed by atoms with Crippen LogP contribution in [0.3, 0.4) is 0 Å². The van der Waals surface area contributed by atoms with Gasteiger partial charge in [0.2, 0.25) is 0 Å². The Hall–Kier alpha value is -1.13. The molecule has 100 valence electrons. The highest BCUT2D eigenvalue weighted by molar-refractivity contribution is 5.47. The van der Waals surface area contributed by atoms with E-state index in [0.717, 1.165) is 38.4 Å². The predicted octanol–water partition coefficient (Wildman–Crippen LogP) is 1.32. The van der Waals surface area contributed by atoms with E-state index >= 15 is 0 Å². The highest BCUT2D eigenvalue weighted by atomic mass is 16.3. The first-order valence-corrected chi connectivity index (χ1v) is 6.75. The lowest BCUT2D eigenvalue weighted by Crippen LogP contribution is -2.47. The van der Waals surface area contributed by atoms with Crippen LogP contribution in [0.25, 0.3) is 0 Å².